The van der Waals surface area contributed by atoms with Crippen LogP contribution in [0.2, 0.25) is 0 Å². The molecule has 1 aliphatic heterocycles. The zero-order valence-corrected chi connectivity index (χ0v) is 12.2. The number of benzene rings is 2. The van der Waals surface area contributed by atoms with Crippen LogP contribution in [0.5, 0.6) is 5.75 Å². The Labute approximate surface area is 130 Å². The lowest BCUT2D eigenvalue weighted by molar-refractivity contribution is -0.117. The van der Waals surface area contributed by atoms with Crippen LogP contribution >= 0.6 is 0 Å². The number of carbonyl (C=O) groups is 1. The van der Waals surface area contributed by atoms with Gasteiger partial charge >= 0.3 is 0 Å². The SMILES string of the molecule is C#CC1CC(=O)N(c2ccccc2COc2ccccc2)C1. The van der Waals surface area contributed by atoms with Gasteiger partial charge in [0, 0.05) is 24.4 Å². The lowest BCUT2D eigenvalue weighted by atomic mass is 10.1. The highest BCUT2D eigenvalue weighted by molar-refractivity contribution is 5.96. The van der Waals surface area contributed by atoms with Crippen LogP contribution in [0.3, 0.4) is 0 Å². The molecule has 3 rings (SSSR count). The second kappa shape index (κ2) is 6.36. The molecule has 1 heterocycles. The van der Waals surface area contributed by atoms with Gasteiger partial charge in [-0.3, -0.25) is 4.79 Å². The molecule has 0 spiro atoms. The van der Waals surface area contributed by atoms with Gasteiger partial charge in [-0.2, -0.15) is 0 Å². The van der Waals surface area contributed by atoms with Crippen LogP contribution < -0.4 is 9.64 Å². The first-order chi connectivity index (χ1) is 10.8. The molecule has 1 amide bonds. The molecule has 2 aromatic carbocycles. The molecule has 1 saturated heterocycles. The highest BCUT2D eigenvalue weighted by atomic mass is 16.5. The van der Waals surface area contributed by atoms with Crippen LogP contribution in [0, 0.1) is 18.3 Å². The highest BCUT2D eigenvalue weighted by Crippen LogP contribution is 2.28. The van der Waals surface area contributed by atoms with Crippen molar-refractivity contribution in [3.8, 4) is 18.1 Å². The van der Waals surface area contributed by atoms with Gasteiger partial charge in [0.2, 0.25) is 5.91 Å². The van der Waals surface area contributed by atoms with E-state index in [4.69, 9.17) is 11.2 Å². The van der Waals surface area contributed by atoms with E-state index in [-0.39, 0.29) is 11.8 Å². The van der Waals surface area contributed by atoms with Crippen molar-refractivity contribution in [2.24, 2.45) is 5.92 Å². The van der Waals surface area contributed by atoms with Crippen LogP contribution in [-0.2, 0) is 11.4 Å². The van der Waals surface area contributed by atoms with Gasteiger partial charge in [0.05, 0.1) is 5.69 Å². The summed E-state index contributed by atoms with van der Waals surface area (Å²) in [6.07, 6.45) is 5.88. The first-order valence-electron chi connectivity index (χ1n) is 7.30. The molecule has 22 heavy (non-hydrogen) atoms. The summed E-state index contributed by atoms with van der Waals surface area (Å²) < 4.78 is 5.80. The Balaban J connectivity index is 1.79. The zero-order valence-electron chi connectivity index (χ0n) is 12.2. The number of ether oxygens (including phenoxy) is 1. The number of hydrogen-bond acceptors (Lipinski definition) is 2. The second-order valence-electron chi connectivity index (χ2n) is 5.30. The molecule has 3 nitrogen and oxygen atoms in total. The molecule has 0 radical (unpaired) electrons. The topological polar surface area (TPSA) is 29.5 Å². The Bertz CT molecular complexity index is 703. The maximum absolute atomic E-state index is 12.2. The number of para-hydroxylation sites is 2. The smallest absolute Gasteiger partial charge is 0.228 e. The van der Waals surface area contributed by atoms with Gasteiger partial charge in [0.25, 0.3) is 0 Å². The summed E-state index contributed by atoms with van der Waals surface area (Å²) in [5.41, 5.74) is 1.87. The van der Waals surface area contributed by atoms with Crippen LogP contribution in [-0.4, -0.2) is 12.5 Å². The van der Waals surface area contributed by atoms with Crippen LogP contribution in [0.4, 0.5) is 5.69 Å². The van der Waals surface area contributed by atoms with Gasteiger partial charge in [0.1, 0.15) is 12.4 Å². The molecule has 110 valence electrons. The standard InChI is InChI=1S/C19H17NO2/c1-2-15-12-19(21)20(13-15)18-11-7-6-8-16(18)14-22-17-9-4-3-5-10-17/h1,3-11,15H,12-14H2. The number of terminal acetylenes is 1. The summed E-state index contributed by atoms with van der Waals surface area (Å²) in [7, 11) is 0. The van der Waals surface area contributed by atoms with Gasteiger partial charge in [-0.1, -0.05) is 36.4 Å². The van der Waals surface area contributed by atoms with E-state index in [1.54, 1.807) is 4.90 Å². The van der Waals surface area contributed by atoms with Gasteiger partial charge in [-0.25, -0.2) is 0 Å². The van der Waals surface area contributed by atoms with Crippen molar-refractivity contribution in [2.75, 3.05) is 11.4 Å². The number of amides is 1. The summed E-state index contributed by atoms with van der Waals surface area (Å²) >= 11 is 0. The highest BCUT2D eigenvalue weighted by Gasteiger charge is 2.30. The van der Waals surface area contributed by atoms with Crippen molar-refractivity contribution in [1.82, 2.24) is 0 Å². The molecular formula is C19H17NO2. The average Bonchev–Trinajstić information content (AvgIpc) is 2.95. The lowest BCUT2D eigenvalue weighted by Gasteiger charge is -2.20. The zero-order chi connectivity index (χ0) is 15.4. The molecule has 1 aliphatic rings. The quantitative estimate of drug-likeness (QED) is 0.809. The van der Waals surface area contributed by atoms with E-state index in [1.807, 2.05) is 54.6 Å². The Kier molecular flexibility index (Phi) is 4.11. The minimum Gasteiger partial charge on any atom is -0.489 e. The monoisotopic (exact) mass is 291 g/mol. The molecule has 3 heteroatoms. The fraction of sp³-hybridized carbons (Fsp3) is 0.211. The number of hydrogen-bond donors (Lipinski definition) is 0. The van der Waals surface area contributed by atoms with Crippen molar-refractivity contribution in [3.63, 3.8) is 0 Å². The number of anilines is 1. The molecule has 0 bridgehead atoms. The molecule has 1 unspecified atom stereocenters. The molecule has 0 N–H and O–H groups in total. The third kappa shape index (κ3) is 2.96. The third-order valence-electron chi connectivity index (χ3n) is 3.78. The van der Waals surface area contributed by atoms with E-state index in [0.29, 0.717) is 19.6 Å². The number of carbonyl (C=O) groups excluding carboxylic acids is 1. The minimum atomic E-state index is -0.00408. The van der Waals surface area contributed by atoms with Gasteiger partial charge < -0.3 is 9.64 Å². The fourth-order valence-electron chi connectivity index (χ4n) is 2.63. The number of rotatable bonds is 4. The van der Waals surface area contributed by atoms with Crippen molar-refractivity contribution in [1.29, 1.82) is 0 Å². The number of nitrogens with zero attached hydrogens (tertiary/aromatic N) is 1. The summed E-state index contributed by atoms with van der Waals surface area (Å²) in [6.45, 7) is 1.00. The van der Waals surface area contributed by atoms with E-state index < -0.39 is 0 Å². The summed E-state index contributed by atoms with van der Waals surface area (Å²) in [5.74, 6) is 3.56. The van der Waals surface area contributed by atoms with Crippen LogP contribution in [0.15, 0.2) is 54.6 Å². The van der Waals surface area contributed by atoms with Gasteiger partial charge in [-0.15, -0.1) is 12.3 Å². The average molecular weight is 291 g/mol. The summed E-state index contributed by atoms with van der Waals surface area (Å²) in [4.78, 5) is 13.9. The minimum absolute atomic E-state index is 0.00408. The third-order valence-corrected chi connectivity index (χ3v) is 3.78. The maximum Gasteiger partial charge on any atom is 0.228 e. The van der Waals surface area contributed by atoms with Crippen LogP contribution in [0.25, 0.3) is 0 Å². The fourth-order valence-corrected chi connectivity index (χ4v) is 2.63. The normalized spacial score (nSPS) is 17.3. The van der Waals surface area contributed by atoms with Gasteiger partial charge in [0.15, 0.2) is 0 Å². The van der Waals surface area contributed by atoms with Crippen molar-refractivity contribution in [3.05, 3.63) is 60.2 Å². The molecular weight excluding hydrogens is 274 g/mol. The first-order valence-corrected chi connectivity index (χ1v) is 7.30. The first kappa shape index (κ1) is 14.2. The molecule has 2 aromatic rings. The van der Waals surface area contributed by atoms with Crippen molar-refractivity contribution >= 4 is 11.6 Å². The van der Waals surface area contributed by atoms with Crippen molar-refractivity contribution in [2.45, 2.75) is 13.0 Å². The van der Waals surface area contributed by atoms with E-state index in [2.05, 4.69) is 5.92 Å². The van der Waals surface area contributed by atoms with Crippen LogP contribution in [0.1, 0.15) is 12.0 Å². The van der Waals surface area contributed by atoms with Gasteiger partial charge in [-0.05, 0) is 18.2 Å². The van der Waals surface area contributed by atoms with E-state index >= 15 is 0 Å². The van der Waals surface area contributed by atoms with E-state index in [0.717, 1.165) is 17.0 Å². The molecule has 0 aliphatic carbocycles. The Morgan fingerprint density at radius 3 is 2.59 bits per heavy atom. The molecule has 0 aromatic heterocycles. The predicted molar refractivity (Wildman–Crippen MR) is 86.5 cm³/mol. The second-order valence-corrected chi connectivity index (χ2v) is 5.30. The molecule has 0 saturated carbocycles. The summed E-state index contributed by atoms with van der Waals surface area (Å²) in [5, 5.41) is 0. The summed E-state index contributed by atoms with van der Waals surface area (Å²) in [6, 6.07) is 17.4. The Morgan fingerprint density at radius 2 is 1.86 bits per heavy atom. The predicted octanol–water partition coefficient (Wildman–Crippen LogP) is 3.25. The maximum atomic E-state index is 12.2. The van der Waals surface area contributed by atoms with E-state index in [9.17, 15) is 4.79 Å². The largest absolute Gasteiger partial charge is 0.489 e. The van der Waals surface area contributed by atoms with E-state index in [1.165, 1.54) is 0 Å². The molecule has 1 atom stereocenters. The Morgan fingerprint density at radius 1 is 1.14 bits per heavy atom. The molecule has 1 fully saturated rings. The lowest BCUT2D eigenvalue weighted by Crippen LogP contribution is -2.25. The Hall–Kier alpha value is -2.73. The van der Waals surface area contributed by atoms with Crippen molar-refractivity contribution < 1.29 is 9.53 Å².